The van der Waals surface area contributed by atoms with Crippen LogP contribution in [0.15, 0.2) is 131 Å². The van der Waals surface area contributed by atoms with Crippen molar-refractivity contribution in [2.45, 2.75) is 5.22 Å². The zero-order valence-electron chi connectivity index (χ0n) is 24.0. The van der Waals surface area contributed by atoms with E-state index in [-0.39, 0.29) is 34.2 Å². The van der Waals surface area contributed by atoms with E-state index in [1.807, 2.05) is 66.9 Å². The van der Waals surface area contributed by atoms with Crippen molar-refractivity contribution in [3.05, 3.63) is 143 Å². The van der Waals surface area contributed by atoms with Crippen LogP contribution in [-0.2, 0) is 4.79 Å². The fraction of sp³-hybridized carbons (Fsp3) is 0.0294. The molecule has 0 fully saturated rings. The van der Waals surface area contributed by atoms with Crippen LogP contribution in [0.3, 0.4) is 0 Å². The third kappa shape index (κ3) is 7.14. The Morgan fingerprint density at radius 3 is 2.28 bits per heavy atom. The summed E-state index contributed by atoms with van der Waals surface area (Å²) in [6.45, 7) is 0. The van der Waals surface area contributed by atoms with Crippen LogP contribution < -0.4 is 5.32 Å². The lowest BCUT2D eigenvalue weighted by molar-refractivity contribution is -0.384. The lowest BCUT2D eigenvalue weighted by Crippen LogP contribution is -2.14. The highest BCUT2D eigenvalue weighted by molar-refractivity contribution is 7.99. The number of allylic oxidation sites excluding steroid dienone is 1. The number of nitrogens with zero attached hydrogens (tertiary/aromatic N) is 5. The smallest absolute Gasteiger partial charge is 0.277 e. The van der Waals surface area contributed by atoms with E-state index in [2.05, 4.69) is 15.5 Å². The number of anilines is 1. The molecule has 12 heteroatoms. The van der Waals surface area contributed by atoms with Gasteiger partial charge < -0.3 is 9.73 Å². The summed E-state index contributed by atoms with van der Waals surface area (Å²) in [5.74, 6) is -0.228. The Kier molecular flexibility index (Phi) is 8.88. The van der Waals surface area contributed by atoms with Gasteiger partial charge in [0.2, 0.25) is 5.91 Å². The van der Waals surface area contributed by atoms with E-state index in [1.165, 1.54) is 18.2 Å². The van der Waals surface area contributed by atoms with Crippen LogP contribution in [-0.4, -0.2) is 42.3 Å². The summed E-state index contributed by atoms with van der Waals surface area (Å²) < 4.78 is 7.69. The molecule has 4 aromatic carbocycles. The minimum absolute atomic E-state index is 0.0222. The van der Waals surface area contributed by atoms with Gasteiger partial charge in [0, 0.05) is 35.1 Å². The number of aromatic nitrogens is 4. The third-order valence-corrected chi connectivity index (χ3v) is 7.55. The van der Waals surface area contributed by atoms with E-state index in [9.17, 15) is 19.7 Å². The van der Waals surface area contributed by atoms with Gasteiger partial charge in [-0.1, -0.05) is 66.4 Å². The molecular formula is C34H24N6O5S. The standard InChI is InChI=1S/C34H24N6O5S/c41-30(20-13-23-11-18-28(19-12-23)40(43)44)24-14-16-26(17-15-24)35-31(42)22-46-34-37-36-33(45-34)29-21-39(27-9-5-2-6-10-27)38-32(29)25-7-3-1-4-8-25/h1-21H,22H2,(H,35,42)/b20-13+. The Balaban J connectivity index is 1.07. The molecule has 226 valence electrons. The highest BCUT2D eigenvalue weighted by Gasteiger charge is 2.20. The summed E-state index contributed by atoms with van der Waals surface area (Å²) in [7, 11) is 0. The molecule has 2 heterocycles. The molecule has 0 aliphatic rings. The van der Waals surface area contributed by atoms with E-state index in [0.29, 0.717) is 28.1 Å². The summed E-state index contributed by atoms with van der Waals surface area (Å²) >= 11 is 1.10. The number of ketones is 1. The van der Waals surface area contributed by atoms with Crippen molar-refractivity contribution in [3.63, 3.8) is 0 Å². The number of carbonyl (C=O) groups excluding carboxylic acids is 2. The number of amides is 1. The number of carbonyl (C=O) groups is 2. The summed E-state index contributed by atoms with van der Waals surface area (Å²) in [5, 5.41) is 27.0. The molecule has 0 radical (unpaired) electrons. The summed E-state index contributed by atoms with van der Waals surface area (Å²) in [5.41, 5.74) is 4.71. The average molecular weight is 629 g/mol. The largest absolute Gasteiger partial charge is 0.411 e. The van der Waals surface area contributed by atoms with E-state index in [4.69, 9.17) is 9.52 Å². The number of non-ortho nitro benzene ring substituents is 1. The molecule has 0 spiro atoms. The molecule has 1 amide bonds. The first-order valence-electron chi connectivity index (χ1n) is 14.0. The monoisotopic (exact) mass is 628 g/mol. The number of thioether (sulfide) groups is 1. The molecule has 0 atom stereocenters. The number of benzene rings is 4. The van der Waals surface area contributed by atoms with E-state index in [1.54, 1.807) is 47.2 Å². The fourth-order valence-electron chi connectivity index (χ4n) is 4.45. The molecule has 0 unspecified atom stereocenters. The number of hydrogen-bond acceptors (Lipinski definition) is 9. The van der Waals surface area contributed by atoms with Gasteiger partial charge in [0.05, 0.1) is 21.9 Å². The van der Waals surface area contributed by atoms with Crippen molar-refractivity contribution < 1.29 is 18.9 Å². The maximum atomic E-state index is 12.7. The fourth-order valence-corrected chi connectivity index (χ4v) is 5.01. The lowest BCUT2D eigenvalue weighted by atomic mass is 10.1. The molecule has 0 aliphatic heterocycles. The number of nitro groups is 1. The Labute approximate surface area is 266 Å². The molecule has 2 aromatic heterocycles. The normalized spacial score (nSPS) is 11.0. The van der Waals surface area contributed by atoms with Gasteiger partial charge in [-0.3, -0.25) is 19.7 Å². The van der Waals surface area contributed by atoms with E-state index < -0.39 is 4.92 Å². The van der Waals surface area contributed by atoms with Gasteiger partial charge >= 0.3 is 0 Å². The van der Waals surface area contributed by atoms with E-state index >= 15 is 0 Å². The van der Waals surface area contributed by atoms with E-state index in [0.717, 1.165) is 23.0 Å². The minimum Gasteiger partial charge on any atom is -0.411 e. The first-order valence-corrected chi connectivity index (χ1v) is 15.0. The molecule has 1 N–H and O–H groups in total. The zero-order chi connectivity index (χ0) is 31.9. The van der Waals surface area contributed by atoms with Crippen molar-refractivity contribution in [1.82, 2.24) is 20.0 Å². The van der Waals surface area contributed by atoms with Gasteiger partial charge in [-0.15, -0.1) is 10.2 Å². The molecule has 11 nitrogen and oxygen atoms in total. The first-order chi connectivity index (χ1) is 22.4. The molecule has 6 rings (SSSR count). The number of rotatable bonds is 11. The molecule has 0 aliphatic carbocycles. The molecule has 0 saturated heterocycles. The van der Waals surface area contributed by atoms with Crippen molar-refractivity contribution in [2.24, 2.45) is 0 Å². The number of nitrogens with one attached hydrogen (secondary N) is 1. The molecular weight excluding hydrogens is 604 g/mol. The van der Waals surface area contributed by atoms with Crippen LogP contribution in [0.2, 0.25) is 0 Å². The van der Waals surface area contributed by atoms with Crippen LogP contribution in [0.25, 0.3) is 34.5 Å². The van der Waals surface area contributed by atoms with Gasteiger partial charge in [0.1, 0.15) is 5.69 Å². The zero-order valence-corrected chi connectivity index (χ0v) is 24.8. The highest BCUT2D eigenvalue weighted by Crippen LogP contribution is 2.32. The van der Waals surface area contributed by atoms with Gasteiger partial charge in [0.25, 0.3) is 16.8 Å². The highest BCUT2D eigenvalue weighted by atomic mass is 32.2. The SMILES string of the molecule is O=C(CSc1nnc(-c2cn(-c3ccccc3)nc2-c2ccccc2)o1)Nc1ccc(C(=O)/C=C/c2ccc([N+](=O)[O-])cc2)cc1. The second-order valence-electron chi connectivity index (χ2n) is 9.87. The van der Waals surface area contributed by atoms with Crippen LogP contribution in [0.5, 0.6) is 0 Å². The Bertz CT molecular complexity index is 2020. The van der Waals surface area contributed by atoms with Crippen molar-refractivity contribution in [3.8, 4) is 28.4 Å². The van der Waals surface area contributed by atoms with Crippen molar-refractivity contribution in [2.75, 3.05) is 11.1 Å². The molecule has 6 aromatic rings. The van der Waals surface area contributed by atoms with Gasteiger partial charge in [-0.25, -0.2) is 4.68 Å². The number of para-hydroxylation sites is 1. The van der Waals surface area contributed by atoms with Gasteiger partial charge in [-0.2, -0.15) is 5.10 Å². The molecule has 0 saturated carbocycles. The third-order valence-electron chi connectivity index (χ3n) is 6.73. The molecule has 46 heavy (non-hydrogen) atoms. The lowest BCUT2D eigenvalue weighted by Gasteiger charge is -2.05. The second-order valence-corrected chi connectivity index (χ2v) is 10.8. The first kappa shape index (κ1) is 29.9. The maximum Gasteiger partial charge on any atom is 0.277 e. The van der Waals surface area contributed by atoms with Crippen molar-refractivity contribution >= 4 is 40.9 Å². The number of nitro benzene ring substituents is 1. The predicted octanol–water partition coefficient (Wildman–Crippen LogP) is 7.12. The Hall–Kier alpha value is -6.14. The maximum absolute atomic E-state index is 12.7. The second kappa shape index (κ2) is 13.7. The summed E-state index contributed by atoms with van der Waals surface area (Å²) in [6, 6.07) is 31.8. The Morgan fingerprint density at radius 2 is 1.59 bits per heavy atom. The van der Waals surface area contributed by atoms with Gasteiger partial charge in [-0.05, 0) is 60.2 Å². The van der Waals surface area contributed by atoms with Crippen LogP contribution in [0, 0.1) is 10.1 Å². The van der Waals surface area contributed by atoms with Crippen LogP contribution in [0.4, 0.5) is 11.4 Å². The van der Waals surface area contributed by atoms with Gasteiger partial charge in [0.15, 0.2) is 5.78 Å². The average Bonchev–Trinajstić information content (AvgIpc) is 3.75. The topological polar surface area (TPSA) is 146 Å². The van der Waals surface area contributed by atoms with Crippen LogP contribution >= 0.6 is 11.8 Å². The number of hydrogen-bond donors (Lipinski definition) is 1. The predicted molar refractivity (Wildman–Crippen MR) is 175 cm³/mol. The van der Waals surface area contributed by atoms with Crippen LogP contribution in [0.1, 0.15) is 15.9 Å². The summed E-state index contributed by atoms with van der Waals surface area (Å²) in [4.78, 5) is 35.5. The Morgan fingerprint density at radius 1 is 0.891 bits per heavy atom. The summed E-state index contributed by atoms with van der Waals surface area (Å²) in [6.07, 6.45) is 4.81. The molecule has 0 bridgehead atoms. The van der Waals surface area contributed by atoms with Crippen molar-refractivity contribution in [1.29, 1.82) is 0 Å². The minimum atomic E-state index is -0.482. The quantitative estimate of drug-likeness (QED) is 0.0521.